The van der Waals surface area contributed by atoms with Gasteiger partial charge in [0, 0.05) is 18.7 Å². The Bertz CT molecular complexity index is 821. The van der Waals surface area contributed by atoms with Gasteiger partial charge in [-0.15, -0.1) is 5.10 Å². The topological polar surface area (TPSA) is 30.7 Å². The Morgan fingerprint density at radius 1 is 1.13 bits per heavy atom. The van der Waals surface area contributed by atoms with Gasteiger partial charge in [0.05, 0.1) is 11.6 Å². The Labute approximate surface area is 141 Å². The summed E-state index contributed by atoms with van der Waals surface area (Å²) in [6, 6.07) is 13.1. The van der Waals surface area contributed by atoms with Crippen LogP contribution in [0, 0.1) is 5.82 Å². The van der Waals surface area contributed by atoms with Crippen LogP contribution in [-0.4, -0.2) is 23.1 Å². The molecule has 0 radical (unpaired) electrons. The van der Waals surface area contributed by atoms with Crippen LogP contribution in [0.2, 0.25) is 30.7 Å². The van der Waals surface area contributed by atoms with Crippen LogP contribution in [0.5, 0.6) is 0 Å². The quantitative estimate of drug-likeness (QED) is 0.611. The Morgan fingerprint density at radius 2 is 1.87 bits per heavy atom. The van der Waals surface area contributed by atoms with E-state index in [0.29, 0.717) is 10.6 Å². The van der Waals surface area contributed by atoms with Crippen molar-refractivity contribution in [3.8, 4) is 0 Å². The van der Waals surface area contributed by atoms with E-state index in [-0.39, 0.29) is 11.9 Å². The van der Waals surface area contributed by atoms with E-state index < -0.39 is 8.07 Å². The molecule has 0 aliphatic rings. The zero-order valence-corrected chi connectivity index (χ0v) is 15.2. The average Bonchev–Trinajstić information content (AvgIpc) is 2.88. The third-order valence-corrected chi connectivity index (χ3v) is 5.75. The monoisotopic (exact) mass is 347 g/mol. The van der Waals surface area contributed by atoms with Crippen LogP contribution >= 0.6 is 11.6 Å². The van der Waals surface area contributed by atoms with Crippen LogP contribution in [0.1, 0.15) is 11.6 Å². The van der Waals surface area contributed by atoms with Gasteiger partial charge in [-0.2, -0.15) is 0 Å². The minimum atomic E-state index is -1.51. The second kappa shape index (κ2) is 6.05. The van der Waals surface area contributed by atoms with Gasteiger partial charge in [0.15, 0.2) is 0 Å². The molecule has 0 spiro atoms. The van der Waals surface area contributed by atoms with Crippen molar-refractivity contribution in [2.45, 2.75) is 31.7 Å². The van der Waals surface area contributed by atoms with Gasteiger partial charge >= 0.3 is 0 Å². The summed E-state index contributed by atoms with van der Waals surface area (Å²) in [5.41, 5.74) is 2.21. The van der Waals surface area contributed by atoms with Gasteiger partial charge in [-0.05, 0) is 30.3 Å². The van der Waals surface area contributed by atoms with Crippen LogP contribution < -0.4 is 0 Å². The van der Waals surface area contributed by atoms with Gasteiger partial charge < -0.3 is 0 Å². The molecule has 3 nitrogen and oxygen atoms in total. The SMILES string of the molecule is C[Si](C)(C)CC(c1c(F)cccc1Cl)n1nnc2ccccc21. The normalized spacial score (nSPS) is 13.4. The molecule has 23 heavy (non-hydrogen) atoms. The van der Waals surface area contributed by atoms with Crippen LogP contribution in [0.3, 0.4) is 0 Å². The second-order valence-corrected chi connectivity index (χ2v) is 12.9. The standard InChI is InChI=1S/C17H19ClFN3Si/c1-23(2,3)11-16(17-12(18)7-6-8-13(17)19)22-15-10-5-4-9-14(15)20-21-22/h4-10,16H,11H2,1-3H3. The van der Waals surface area contributed by atoms with Crippen LogP contribution in [0.15, 0.2) is 42.5 Å². The summed E-state index contributed by atoms with van der Waals surface area (Å²) in [4.78, 5) is 0. The van der Waals surface area contributed by atoms with E-state index in [1.807, 2.05) is 28.9 Å². The lowest BCUT2D eigenvalue weighted by atomic mass is 10.1. The van der Waals surface area contributed by atoms with E-state index >= 15 is 0 Å². The van der Waals surface area contributed by atoms with Gasteiger partial charge in [-0.25, -0.2) is 9.07 Å². The van der Waals surface area contributed by atoms with Crippen molar-refractivity contribution in [1.29, 1.82) is 0 Å². The first kappa shape index (κ1) is 16.1. The fourth-order valence-electron chi connectivity index (χ4n) is 2.84. The number of fused-ring (bicyclic) bond motifs is 1. The van der Waals surface area contributed by atoms with E-state index in [9.17, 15) is 4.39 Å². The third kappa shape index (κ3) is 3.30. The maximum atomic E-state index is 14.5. The van der Waals surface area contributed by atoms with Crippen LogP contribution in [0.4, 0.5) is 4.39 Å². The molecule has 3 aromatic rings. The van der Waals surface area contributed by atoms with Crippen molar-refractivity contribution in [3.63, 3.8) is 0 Å². The summed E-state index contributed by atoms with van der Waals surface area (Å²) >= 11 is 6.34. The predicted octanol–water partition coefficient (Wildman–Crippen LogP) is 5.15. The summed E-state index contributed by atoms with van der Waals surface area (Å²) in [6.07, 6.45) is 0. The van der Waals surface area contributed by atoms with E-state index in [4.69, 9.17) is 11.6 Å². The Hall–Kier alpha value is -1.72. The van der Waals surface area contributed by atoms with Gasteiger partial charge in [0.2, 0.25) is 0 Å². The molecule has 0 saturated carbocycles. The molecular weight excluding hydrogens is 329 g/mol. The molecule has 0 amide bonds. The Balaban J connectivity index is 2.21. The molecule has 120 valence electrons. The molecule has 0 N–H and O–H groups in total. The highest BCUT2D eigenvalue weighted by Crippen LogP contribution is 2.35. The number of benzene rings is 2. The van der Waals surface area contributed by atoms with E-state index in [2.05, 4.69) is 30.0 Å². The fraction of sp³-hybridized carbons (Fsp3) is 0.294. The van der Waals surface area contributed by atoms with E-state index in [1.165, 1.54) is 6.07 Å². The number of aromatic nitrogens is 3. The molecule has 3 rings (SSSR count). The minimum Gasteiger partial charge on any atom is -0.237 e. The first-order chi connectivity index (χ1) is 10.9. The van der Waals surface area contributed by atoms with Crippen LogP contribution in [0.25, 0.3) is 11.0 Å². The van der Waals surface area contributed by atoms with Crippen molar-refractivity contribution >= 4 is 30.7 Å². The molecule has 1 atom stereocenters. The maximum Gasteiger partial charge on any atom is 0.130 e. The highest BCUT2D eigenvalue weighted by Gasteiger charge is 2.29. The number of para-hydroxylation sites is 1. The molecule has 0 fully saturated rings. The molecule has 0 bridgehead atoms. The largest absolute Gasteiger partial charge is 0.237 e. The van der Waals surface area contributed by atoms with Crippen molar-refractivity contribution < 1.29 is 4.39 Å². The van der Waals surface area contributed by atoms with Crippen molar-refractivity contribution in [2.24, 2.45) is 0 Å². The molecule has 0 aliphatic carbocycles. The summed E-state index contributed by atoms with van der Waals surface area (Å²) in [5, 5.41) is 8.96. The zero-order chi connectivity index (χ0) is 16.6. The second-order valence-electron chi connectivity index (χ2n) is 6.94. The lowest BCUT2D eigenvalue weighted by Crippen LogP contribution is -2.27. The van der Waals surface area contributed by atoms with Gasteiger partial charge in [0.1, 0.15) is 11.3 Å². The minimum absolute atomic E-state index is 0.247. The Kier molecular flexibility index (Phi) is 4.25. The summed E-state index contributed by atoms with van der Waals surface area (Å²) in [5.74, 6) is -0.291. The van der Waals surface area contributed by atoms with Gasteiger partial charge in [-0.3, -0.25) is 0 Å². The molecule has 6 heteroatoms. The first-order valence-electron chi connectivity index (χ1n) is 7.61. The first-order valence-corrected chi connectivity index (χ1v) is 11.7. The smallest absolute Gasteiger partial charge is 0.130 e. The fourth-order valence-corrected chi connectivity index (χ4v) is 4.66. The predicted molar refractivity (Wildman–Crippen MR) is 95.2 cm³/mol. The van der Waals surface area contributed by atoms with E-state index in [1.54, 1.807) is 12.1 Å². The average molecular weight is 348 g/mol. The summed E-state index contributed by atoms with van der Waals surface area (Å²) in [6.45, 7) is 6.77. The number of hydrogen-bond donors (Lipinski definition) is 0. The molecular formula is C17H19ClFN3Si. The maximum absolute atomic E-state index is 14.5. The highest BCUT2D eigenvalue weighted by molar-refractivity contribution is 6.76. The van der Waals surface area contributed by atoms with Gasteiger partial charge in [0.25, 0.3) is 0 Å². The Morgan fingerprint density at radius 3 is 2.57 bits per heavy atom. The van der Waals surface area contributed by atoms with Crippen molar-refractivity contribution in [3.05, 3.63) is 58.9 Å². The number of halogens is 2. The highest BCUT2D eigenvalue weighted by atomic mass is 35.5. The zero-order valence-electron chi connectivity index (χ0n) is 13.4. The number of rotatable bonds is 4. The summed E-state index contributed by atoms with van der Waals surface area (Å²) < 4.78 is 16.4. The summed E-state index contributed by atoms with van der Waals surface area (Å²) in [7, 11) is -1.51. The third-order valence-electron chi connectivity index (χ3n) is 3.81. The van der Waals surface area contributed by atoms with Gasteiger partial charge in [-0.1, -0.05) is 54.7 Å². The number of hydrogen-bond acceptors (Lipinski definition) is 2. The molecule has 1 aromatic heterocycles. The molecule has 2 aromatic carbocycles. The molecule has 1 heterocycles. The van der Waals surface area contributed by atoms with E-state index in [0.717, 1.165) is 17.1 Å². The lowest BCUT2D eigenvalue weighted by Gasteiger charge is -2.26. The van der Waals surface area contributed by atoms with Crippen molar-refractivity contribution in [2.75, 3.05) is 0 Å². The molecule has 0 saturated heterocycles. The van der Waals surface area contributed by atoms with Crippen LogP contribution in [-0.2, 0) is 0 Å². The number of nitrogens with zero attached hydrogens (tertiary/aromatic N) is 3. The molecule has 0 aliphatic heterocycles. The molecule has 1 unspecified atom stereocenters. The lowest BCUT2D eigenvalue weighted by molar-refractivity contribution is 0.516. The van der Waals surface area contributed by atoms with Crippen molar-refractivity contribution in [1.82, 2.24) is 15.0 Å².